The lowest BCUT2D eigenvalue weighted by molar-refractivity contribution is 0.519. The van der Waals surface area contributed by atoms with Crippen molar-refractivity contribution in [3.8, 4) is 0 Å². The van der Waals surface area contributed by atoms with Crippen molar-refractivity contribution in [2.24, 2.45) is 0 Å². The van der Waals surface area contributed by atoms with Crippen molar-refractivity contribution in [2.75, 3.05) is 0 Å². The molecule has 0 fully saturated rings. The second-order valence-corrected chi connectivity index (χ2v) is 7.33. The van der Waals surface area contributed by atoms with E-state index in [1.807, 2.05) is 45.0 Å². The van der Waals surface area contributed by atoms with Crippen LogP contribution in [0.1, 0.15) is 30.6 Å². The molecule has 0 bridgehead atoms. The van der Waals surface area contributed by atoms with Gasteiger partial charge < -0.3 is 0 Å². The number of nitrogens with zero attached hydrogens (tertiary/aromatic N) is 3. The first kappa shape index (κ1) is 15.2. The van der Waals surface area contributed by atoms with E-state index in [1.54, 1.807) is 27.7 Å². The van der Waals surface area contributed by atoms with E-state index in [0.717, 1.165) is 27.1 Å². The summed E-state index contributed by atoms with van der Waals surface area (Å²) in [6, 6.07) is 7.58. The van der Waals surface area contributed by atoms with Gasteiger partial charge in [0.25, 0.3) is 5.56 Å². The summed E-state index contributed by atoms with van der Waals surface area (Å²) < 4.78 is 1.77. The molecule has 0 saturated heterocycles. The van der Waals surface area contributed by atoms with Gasteiger partial charge in [0.15, 0.2) is 5.16 Å². The van der Waals surface area contributed by atoms with Crippen LogP contribution in [0.25, 0.3) is 10.9 Å². The minimum Gasteiger partial charge on any atom is -0.285 e. The number of thiazole rings is 1. The van der Waals surface area contributed by atoms with Crippen LogP contribution in [0.3, 0.4) is 0 Å². The van der Waals surface area contributed by atoms with Gasteiger partial charge in [0.1, 0.15) is 0 Å². The molecule has 0 unspecified atom stereocenters. The second kappa shape index (κ2) is 6.22. The quantitative estimate of drug-likeness (QED) is 0.535. The van der Waals surface area contributed by atoms with Crippen molar-refractivity contribution >= 4 is 34.0 Å². The highest BCUT2D eigenvalue weighted by atomic mass is 32.2. The van der Waals surface area contributed by atoms with Crippen LogP contribution in [-0.2, 0) is 5.75 Å². The van der Waals surface area contributed by atoms with Crippen LogP contribution in [-0.4, -0.2) is 14.5 Å². The van der Waals surface area contributed by atoms with Gasteiger partial charge in [-0.3, -0.25) is 9.36 Å². The number of aromatic nitrogens is 3. The highest BCUT2D eigenvalue weighted by Crippen LogP contribution is 2.24. The molecule has 114 valence electrons. The maximum absolute atomic E-state index is 12.7. The van der Waals surface area contributed by atoms with Crippen molar-refractivity contribution in [1.29, 1.82) is 0 Å². The molecule has 1 aromatic carbocycles. The van der Waals surface area contributed by atoms with E-state index in [0.29, 0.717) is 5.39 Å². The van der Waals surface area contributed by atoms with E-state index in [4.69, 9.17) is 0 Å². The van der Waals surface area contributed by atoms with Crippen LogP contribution < -0.4 is 5.56 Å². The minimum atomic E-state index is 0.0255. The summed E-state index contributed by atoms with van der Waals surface area (Å²) in [6.45, 7) is 6.01. The number of thioether (sulfide) groups is 1. The molecule has 0 saturated carbocycles. The molecule has 0 amide bonds. The third kappa shape index (κ3) is 2.94. The lowest BCUT2D eigenvalue weighted by Gasteiger charge is -2.15. The minimum absolute atomic E-state index is 0.0255. The Morgan fingerprint density at radius 2 is 2.05 bits per heavy atom. The zero-order valence-corrected chi connectivity index (χ0v) is 14.4. The van der Waals surface area contributed by atoms with E-state index < -0.39 is 0 Å². The number of para-hydroxylation sites is 1. The molecular formula is C16H17N3OS2. The number of rotatable bonds is 4. The first-order valence-corrected chi connectivity index (χ1v) is 8.98. The van der Waals surface area contributed by atoms with Gasteiger partial charge >= 0.3 is 0 Å². The molecule has 2 heterocycles. The van der Waals surface area contributed by atoms with Crippen LogP contribution in [0.4, 0.5) is 0 Å². The lowest BCUT2D eigenvalue weighted by Crippen LogP contribution is -2.25. The lowest BCUT2D eigenvalue weighted by atomic mass is 10.2. The number of fused-ring (bicyclic) bond motifs is 1. The van der Waals surface area contributed by atoms with Crippen molar-refractivity contribution in [3.05, 3.63) is 50.7 Å². The molecule has 0 spiro atoms. The van der Waals surface area contributed by atoms with E-state index in [2.05, 4.69) is 15.3 Å². The van der Waals surface area contributed by atoms with E-state index in [-0.39, 0.29) is 11.6 Å². The average Bonchev–Trinajstić information content (AvgIpc) is 2.90. The van der Waals surface area contributed by atoms with Crippen molar-refractivity contribution in [2.45, 2.75) is 37.7 Å². The summed E-state index contributed by atoms with van der Waals surface area (Å²) in [6.07, 6.45) is 0. The maximum atomic E-state index is 12.7. The Bertz CT molecular complexity index is 867. The van der Waals surface area contributed by atoms with E-state index in [1.165, 1.54) is 0 Å². The molecule has 2 aromatic heterocycles. The molecule has 3 rings (SSSR count). The van der Waals surface area contributed by atoms with Gasteiger partial charge in [0.2, 0.25) is 0 Å². The second-order valence-electron chi connectivity index (χ2n) is 5.33. The third-order valence-corrected chi connectivity index (χ3v) is 5.12. The van der Waals surface area contributed by atoms with Crippen molar-refractivity contribution in [1.82, 2.24) is 14.5 Å². The molecule has 0 aliphatic rings. The van der Waals surface area contributed by atoms with Crippen LogP contribution in [0.5, 0.6) is 0 Å². The topological polar surface area (TPSA) is 47.8 Å². The summed E-state index contributed by atoms with van der Waals surface area (Å²) in [5.74, 6) is 0.724. The molecule has 0 N–H and O–H groups in total. The van der Waals surface area contributed by atoms with Crippen LogP contribution in [0, 0.1) is 6.92 Å². The van der Waals surface area contributed by atoms with Gasteiger partial charge in [-0.15, -0.1) is 11.3 Å². The first-order valence-electron chi connectivity index (χ1n) is 7.11. The van der Waals surface area contributed by atoms with Gasteiger partial charge in [-0.1, -0.05) is 23.9 Å². The van der Waals surface area contributed by atoms with E-state index >= 15 is 0 Å². The normalized spacial score (nSPS) is 11.5. The fourth-order valence-corrected chi connectivity index (χ4v) is 4.03. The maximum Gasteiger partial charge on any atom is 0.262 e. The molecular weight excluding hydrogens is 314 g/mol. The molecule has 6 heteroatoms. The smallest absolute Gasteiger partial charge is 0.262 e. The number of hydrogen-bond acceptors (Lipinski definition) is 5. The fourth-order valence-electron chi connectivity index (χ4n) is 2.30. The standard InChI is InChI=1S/C16H17N3OS2/c1-10(2)19-15(20)13-6-4-5-7-14(13)18-16(19)22-9-12-8-21-11(3)17-12/h4-8,10H,9H2,1-3H3. The zero-order valence-electron chi connectivity index (χ0n) is 12.7. The number of aryl methyl sites for hydroxylation is 1. The molecule has 22 heavy (non-hydrogen) atoms. The summed E-state index contributed by atoms with van der Waals surface area (Å²) in [4.78, 5) is 21.9. The zero-order chi connectivity index (χ0) is 15.7. The average molecular weight is 331 g/mol. The summed E-state index contributed by atoms with van der Waals surface area (Å²) in [5, 5.41) is 4.54. The van der Waals surface area contributed by atoms with Crippen LogP contribution in [0.2, 0.25) is 0 Å². The summed E-state index contributed by atoms with van der Waals surface area (Å²) >= 11 is 3.21. The third-order valence-electron chi connectivity index (χ3n) is 3.31. The molecule has 4 nitrogen and oxygen atoms in total. The Labute approximate surface area is 137 Å². The van der Waals surface area contributed by atoms with Gasteiger partial charge in [0, 0.05) is 17.2 Å². The Morgan fingerprint density at radius 3 is 2.73 bits per heavy atom. The Balaban J connectivity index is 2.03. The molecule has 0 radical (unpaired) electrons. The predicted molar refractivity (Wildman–Crippen MR) is 92.8 cm³/mol. The fraction of sp³-hybridized carbons (Fsp3) is 0.312. The van der Waals surface area contributed by atoms with Crippen molar-refractivity contribution in [3.63, 3.8) is 0 Å². The Kier molecular flexibility index (Phi) is 4.31. The van der Waals surface area contributed by atoms with Gasteiger partial charge in [-0.05, 0) is 32.9 Å². The Morgan fingerprint density at radius 1 is 1.27 bits per heavy atom. The Hall–Kier alpha value is -1.66. The van der Waals surface area contributed by atoms with Crippen LogP contribution in [0.15, 0.2) is 39.6 Å². The SMILES string of the molecule is Cc1nc(CSc2nc3ccccc3c(=O)n2C(C)C)cs1. The number of benzene rings is 1. The van der Waals surface area contributed by atoms with E-state index in [9.17, 15) is 4.79 Å². The largest absolute Gasteiger partial charge is 0.285 e. The molecule has 0 atom stereocenters. The first-order chi connectivity index (χ1) is 10.6. The highest BCUT2D eigenvalue weighted by Gasteiger charge is 2.14. The number of hydrogen-bond donors (Lipinski definition) is 0. The van der Waals surface area contributed by atoms with Gasteiger partial charge in [-0.2, -0.15) is 0 Å². The molecule has 0 aliphatic heterocycles. The van der Waals surface area contributed by atoms with Crippen LogP contribution >= 0.6 is 23.1 Å². The summed E-state index contributed by atoms with van der Waals surface area (Å²) in [7, 11) is 0. The van der Waals surface area contributed by atoms with Gasteiger partial charge in [-0.25, -0.2) is 9.97 Å². The van der Waals surface area contributed by atoms with Gasteiger partial charge in [0.05, 0.1) is 21.6 Å². The van der Waals surface area contributed by atoms with Crippen molar-refractivity contribution < 1.29 is 0 Å². The molecule has 3 aromatic rings. The molecule has 0 aliphatic carbocycles. The summed E-state index contributed by atoms with van der Waals surface area (Å²) in [5.41, 5.74) is 1.81. The predicted octanol–water partition coefficient (Wildman–Crippen LogP) is 4.03. The monoisotopic (exact) mass is 331 g/mol. The highest BCUT2D eigenvalue weighted by molar-refractivity contribution is 7.98.